The number of benzene rings is 1. The van der Waals surface area contributed by atoms with Crippen LogP contribution in [0.5, 0.6) is 0 Å². The van der Waals surface area contributed by atoms with Gasteiger partial charge in [0.15, 0.2) is 0 Å². The molecule has 7 nitrogen and oxygen atoms in total. The van der Waals surface area contributed by atoms with Crippen LogP contribution < -0.4 is 5.32 Å². The summed E-state index contributed by atoms with van der Waals surface area (Å²) < 4.78 is 0. The van der Waals surface area contributed by atoms with Crippen LogP contribution in [0.3, 0.4) is 0 Å². The summed E-state index contributed by atoms with van der Waals surface area (Å²) in [4.78, 5) is 42.7. The molecule has 2 saturated heterocycles. The maximum Gasteiger partial charge on any atom is 0.319 e. The van der Waals surface area contributed by atoms with Gasteiger partial charge in [-0.15, -0.1) is 0 Å². The van der Waals surface area contributed by atoms with Gasteiger partial charge in [-0.1, -0.05) is 6.07 Å². The van der Waals surface area contributed by atoms with Gasteiger partial charge in [0.25, 0.3) is 5.91 Å². The van der Waals surface area contributed by atoms with E-state index in [1.54, 1.807) is 23.9 Å². The lowest BCUT2D eigenvalue weighted by Crippen LogP contribution is -2.45. The van der Waals surface area contributed by atoms with Crippen molar-refractivity contribution in [2.24, 2.45) is 5.92 Å². The number of likely N-dealkylation sites (tertiary alicyclic amines) is 2. The average Bonchev–Trinajstić information content (AvgIpc) is 3.23. The molecule has 1 aromatic rings. The van der Waals surface area contributed by atoms with E-state index in [-0.39, 0.29) is 23.8 Å². The summed E-state index contributed by atoms with van der Waals surface area (Å²) in [7, 11) is 3.47. The first-order valence-electron chi connectivity index (χ1n) is 10.0. The zero-order valence-electron chi connectivity index (χ0n) is 17.0. The van der Waals surface area contributed by atoms with Gasteiger partial charge in [-0.25, -0.2) is 4.79 Å². The number of nitrogens with one attached hydrogen (secondary N) is 1. The monoisotopic (exact) mass is 386 g/mol. The summed E-state index contributed by atoms with van der Waals surface area (Å²) in [5.41, 5.74) is 2.17. The molecule has 4 amide bonds. The van der Waals surface area contributed by atoms with E-state index in [1.165, 1.54) is 0 Å². The van der Waals surface area contributed by atoms with Gasteiger partial charge in [0, 0.05) is 57.4 Å². The molecule has 0 unspecified atom stereocenters. The predicted octanol–water partition coefficient (Wildman–Crippen LogP) is 2.56. The number of rotatable bonds is 3. The number of hydrogen-bond donors (Lipinski definition) is 1. The smallest absolute Gasteiger partial charge is 0.319 e. The highest BCUT2D eigenvalue weighted by molar-refractivity contribution is 6.00. The van der Waals surface area contributed by atoms with Crippen LogP contribution in [0.2, 0.25) is 0 Å². The Morgan fingerprint density at radius 1 is 1.00 bits per heavy atom. The summed E-state index contributed by atoms with van der Waals surface area (Å²) in [5, 5.41) is 3.01. The molecular formula is C21H30N4O3. The van der Waals surface area contributed by atoms with Crippen LogP contribution >= 0.6 is 0 Å². The third-order valence-corrected chi connectivity index (χ3v) is 5.73. The fourth-order valence-corrected chi connectivity index (χ4v) is 3.94. The molecule has 2 fully saturated rings. The number of nitrogens with zero attached hydrogens (tertiary/aromatic N) is 3. The van der Waals surface area contributed by atoms with Crippen molar-refractivity contribution in [3.05, 3.63) is 29.3 Å². The number of anilines is 1. The van der Waals surface area contributed by atoms with Crippen molar-refractivity contribution in [1.82, 2.24) is 14.7 Å². The minimum Gasteiger partial charge on any atom is -0.339 e. The Labute approximate surface area is 166 Å². The fourth-order valence-electron chi connectivity index (χ4n) is 3.94. The highest BCUT2D eigenvalue weighted by Crippen LogP contribution is 2.25. The van der Waals surface area contributed by atoms with E-state index >= 15 is 0 Å². The summed E-state index contributed by atoms with van der Waals surface area (Å²) in [6, 6.07) is 5.49. The summed E-state index contributed by atoms with van der Waals surface area (Å²) in [6.07, 6.45) is 3.40. The highest BCUT2D eigenvalue weighted by atomic mass is 16.2. The van der Waals surface area contributed by atoms with Gasteiger partial charge in [0.1, 0.15) is 0 Å². The molecule has 2 aliphatic heterocycles. The zero-order chi connectivity index (χ0) is 20.3. The van der Waals surface area contributed by atoms with Gasteiger partial charge in [-0.2, -0.15) is 0 Å². The Bertz CT molecular complexity index is 748. The van der Waals surface area contributed by atoms with Crippen molar-refractivity contribution >= 4 is 23.5 Å². The van der Waals surface area contributed by atoms with Gasteiger partial charge in [0.2, 0.25) is 5.91 Å². The molecule has 3 rings (SSSR count). The number of carbonyl (C=O) groups excluding carboxylic acids is 3. The van der Waals surface area contributed by atoms with Gasteiger partial charge < -0.3 is 20.0 Å². The lowest BCUT2D eigenvalue weighted by molar-refractivity contribution is -0.121. The molecule has 28 heavy (non-hydrogen) atoms. The van der Waals surface area contributed by atoms with Crippen molar-refractivity contribution in [1.29, 1.82) is 0 Å². The van der Waals surface area contributed by atoms with Crippen molar-refractivity contribution in [3.63, 3.8) is 0 Å². The lowest BCUT2D eigenvalue weighted by Gasteiger charge is -2.33. The quantitative estimate of drug-likeness (QED) is 0.868. The van der Waals surface area contributed by atoms with E-state index in [9.17, 15) is 14.4 Å². The van der Waals surface area contributed by atoms with E-state index in [2.05, 4.69) is 5.32 Å². The molecule has 0 saturated carbocycles. The maximum atomic E-state index is 12.7. The van der Waals surface area contributed by atoms with Gasteiger partial charge in [-0.05, 0) is 50.3 Å². The van der Waals surface area contributed by atoms with Crippen LogP contribution in [-0.4, -0.2) is 72.8 Å². The number of carbonyl (C=O) groups is 3. The van der Waals surface area contributed by atoms with E-state index in [1.807, 2.05) is 30.0 Å². The molecule has 0 bridgehead atoms. The van der Waals surface area contributed by atoms with Crippen LogP contribution in [0.1, 0.15) is 41.6 Å². The van der Waals surface area contributed by atoms with Crippen molar-refractivity contribution < 1.29 is 14.4 Å². The second-order valence-corrected chi connectivity index (χ2v) is 7.91. The Balaban J connectivity index is 1.62. The molecule has 0 spiro atoms. The van der Waals surface area contributed by atoms with Crippen LogP contribution in [0, 0.1) is 12.8 Å². The average molecular weight is 386 g/mol. The van der Waals surface area contributed by atoms with E-state index in [4.69, 9.17) is 0 Å². The normalized spacial score (nSPS) is 17.5. The first kappa shape index (κ1) is 20.2. The molecule has 1 aromatic carbocycles. The highest BCUT2D eigenvalue weighted by Gasteiger charge is 2.29. The van der Waals surface area contributed by atoms with Gasteiger partial charge >= 0.3 is 6.03 Å². The Morgan fingerprint density at radius 3 is 2.25 bits per heavy atom. The van der Waals surface area contributed by atoms with Gasteiger partial charge in [0.05, 0.1) is 0 Å². The third kappa shape index (κ3) is 4.29. The molecule has 0 radical (unpaired) electrons. The molecule has 0 aliphatic carbocycles. The summed E-state index contributed by atoms with van der Waals surface area (Å²) in [6.45, 7) is 4.67. The molecule has 0 atom stereocenters. The SMILES string of the molecule is Cc1c(NC(=O)C2CCN(C(=O)N(C)C)CC2)cccc1C(=O)N1CCCC1. The van der Waals surface area contributed by atoms with Gasteiger partial charge in [-0.3, -0.25) is 9.59 Å². The molecule has 152 valence electrons. The van der Waals surface area contributed by atoms with Crippen LogP contribution in [0.15, 0.2) is 18.2 Å². The van der Waals surface area contributed by atoms with E-state index in [0.29, 0.717) is 37.2 Å². The van der Waals surface area contributed by atoms with Crippen molar-refractivity contribution in [2.75, 3.05) is 45.6 Å². The standard InChI is InChI=1S/C21H30N4O3/c1-15-17(20(27)24-11-4-5-12-24)7-6-8-18(15)22-19(26)16-9-13-25(14-10-16)21(28)23(2)3/h6-8,16H,4-5,9-14H2,1-3H3,(H,22,26). The Morgan fingerprint density at radius 2 is 1.64 bits per heavy atom. The van der Waals surface area contributed by atoms with Crippen LogP contribution in [-0.2, 0) is 4.79 Å². The fraction of sp³-hybridized carbons (Fsp3) is 0.571. The number of piperidine rings is 1. The molecule has 1 N–H and O–H groups in total. The number of hydrogen-bond acceptors (Lipinski definition) is 3. The van der Waals surface area contributed by atoms with E-state index in [0.717, 1.165) is 31.5 Å². The second kappa shape index (κ2) is 8.63. The number of amides is 4. The van der Waals surface area contributed by atoms with Crippen LogP contribution in [0.4, 0.5) is 10.5 Å². The minimum absolute atomic E-state index is 0.0113. The zero-order valence-corrected chi connectivity index (χ0v) is 17.0. The third-order valence-electron chi connectivity index (χ3n) is 5.73. The van der Waals surface area contributed by atoms with E-state index < -0.39 is 0 Å². The molecule has 0 aromatic heterocycles. The van der Waals surface area contributed by atoms with Crippen molar-refractivity contribution in [2.45, 2.75) is 32.6 Å². The minimum atomic E-state index is -0.122. The Hall–Kier alpha value is -2.57. The lowest BCUT2D eigenvalue weighted by atomic mass is 9.95. The molecule has 2 heterocycles. The maximum absolute atomic E-state index is 12.7. The first-order chi connectivity index (χ1) is 13.4. The topological polar surface area (TPSA) is 73.0 Å². The van der Waals surface area contributed by atoms with Crippen molar-refractivity contribution in [3.8, 4) is 0 Å². The predicted molar refractivity (Wildman–Crippen MR) is 108 cm³/mol. The largest absolute Gasteiger partial charge is 0.339 e. The number of urea groups is 1. The second-order valence-electron chi connectivity index (χ2n) is 7.91. The molecule has 7 heteroatoms. The first-order valence-corrected chi connectivity index (χ1v) is 10.0. The summed E-state index contributed by atoms with van der Waals surface area (Å²) >= 11 is 0. The Kier molecular flexibility index (Phi) is 6.21. The molecule has 2 aliphatic rings. The summed E-state index contributed by atoms with van der Waals surface area (Å²) in [5.74, 6) is -0.115. The van der Waals surface area contributed by atoms with Crippen LogP contribution in [0.25, 0.3) is 0 Å². The molecular weight excluding hydrogens is 356 g/mol.